The third-order valence-electron chi connectivity index (χ3n) is 2.70. The standard InChI is InChI=1S/C10H19NO4S/c1-8(12)3-2-5-11-10(13)9-4-6-16(14,15)7-9/h8-9,12H,2-7H2,1H3,(H,11,13). The van der Waals surface area contributed by atoms with E-state index in [1.54, 1.807) is 6.92 Å². The second kappa shape index (κ2) is 5.63. The minimum atomic E-state index is -2.99. The largest absolute Gasteiger partial charge is 0.393 e. The first-order valence-corrected chi connectivity index (χ1v) is 7.39. The maximum Gasteiger partial charge on any atom is 0.224 e. The molecule has 1 fully saturated rings. The monoisotopic (exact) mass is 249 g/mol. The molecule has 2 atom stereocenters. The van der Waals surface area contributed by atoms with E-state index in [2.05, 4.69) is 5.32 Å². The van der Waals surface area contributed by atoms with Gasteiger partial charge in [-0.1, -0.05) is 0 Å². The highest BCUT2D eigenvalue weighted by atomic mass is 32.2. The summed E-state index contributed by atoms with van der Waals surface area (Å²) in [5.74, 6) is -0.447. The van der Waals surface area contributed by atoms with Crippen LogP contribution in [0.1, 0.15) is 26.2 Å². The van der Waals surface area contributed by atoms with Gasteiger partial charge in [0.2, 0.25) is 5.91 Å². The predicted molar refractivity (Wildman–Crippen MR) is 60.7 cm³/mol. The fourth-order valence-electron chi connectivity index (χ4n) is 1.76. The average Bonchev–Trinajstić information content (AvgIpc) is 2.53. The highest BCUT2D eigenvalue weighted by Crippen LogP contribution is 2.18. The summed E-state index contributed by atoms with van der Waals surface area (Å²) in [6.45, 7) is 2.20. The van der Waals surface area contributed by atoms with E-state index in [0.29, 0.717) is 25.8 Å². The minimum Gasteiger partial charge on any atom is -0.393 e. The number of amides is 1. The van der Waals surface area contributed by atoms with Crippen LogP contribution >= 0.6 is 0 Å². The van der Waals surface area contributed by atoms with Gasteiger partial charge in [0.25, 0.3) is 0 Å². The number of sulfone groups is 1. The number of carbonyl (C=O) groups is 1. The number of aliphatic hydroxyl groups is 1. The van der Waals surface area contributed by atoms with Gasteiger partial charge in [-0.25, -0.2) is 8.42 Å². The predicted octanol–water partition coefficient (Wildman–Crippen LogP) is -0.302. The summed E-state index contributed by atoms with van der Waals surface area (Å²) in [7, 11) is -2.99. The molecule has 0 aromatic rings. The van der Waals surface area contributed by atoms with E-state index in [4.69, 9.17) is 5.11 Å². The lowest BCUT2D eigenvalue weighted by atomic mass is 10.1. The molecule has 0 radical (unpaired) electrons. The number of nitrogens with one attached hydrogen (secondary N) is 1. The van der Waals surface area contributed by atoms with Crippen molar-refractivity contribution in [3.63, 3.8) is 0 Å². The summed E-state index contributed by atoms with van der Waals surface area (Å²) in [6.07, 6.45) is 1.43. The Balaban J connectivity index is 2.21. The zero-order valence-electron chi connectivity index (χ0n) is 9.48. The highest BCUT2D eigenvalue weighted by Gasteiger charge is 2.32. The summed E-state index contributed by atoms with van der Waals surface area (Å²) in [4.78, 5) is 11.5. The van der Waals surface area contributed by atoms with Crippen LogP contribution in [0, 0.1) is 5.92 Å². The third kappa shape index (κ3) is 4.49. The third-order valence-corrected chi connectivity index (χ3v) is 4.47. The minimum absolute atomic E-state index is 0.0186. The summed E-state index contributed by atoms with van der Waals surface area (Å²) < 4.78 is 22.3. The molecule has 0 spiro atoms. The molecule has 1 amide bonds. The molecule has 0 aromatic heterocycles. The van der Waals surface area contributed by atoms with Crippen LogP contribution in [0.4, 0.5) is 0 Å². The Labute approximate surface area is 96.1 Å². The molecule has 94 valence electrons. The topological polar surface area (TPSA) is 83.5 Å². The number of aliphatic hydroxyl groups excluding tert-OH is 1. The van der Waals surface area contributed by atoms with Gasteiger partial charge < -0.3 is 10.4 Å². The number of carbonyl (C=O) groups excluding carboxylic acids is 1. The molecule has 1 rings (SSSR count). The average molecular weight is 249 g/mol. The van der Waals surface area contributed by atoms with Crippen molar-refractivity contribution in [1.82, 2.24) is 5.32 Å². The van der Waals surface area contributed by atoms with Crippen LogP contribution in [0.15, 0.2) is 0 Å². The summed E-state index contributed by atoms with van der Waals surface area (Å²) in [5, 5.41) is 11.7. The van der Waals surface area contributed by atoms with E-state index in [0.717, 1.165) is 0 Å². The Kier molecular flexibility index (Phi) is 4.73. The smallest absolute Gasteiger partial charge is 0.224 e. The molecule has 16 heavy (non-hydrogen) atoms. The first-order chi connectivity index (χ1) is 7.41. The van der Waals surface area contributed by atoms with Crippen LogP contribution in [0.5, 0.6) is 0 Å². The molecule has 0 aromatic carbocycles. The first-order valence-electron chi connectivity index (χ1n) is 5.57. The van der Waals surface area contributed by atoms with Gasteiger partial charge >= 0.3 is 0 Å². The van der Waals surface area contributed by atoms with Crippen molar-refractivity contribution in [3.05, 3.63) is 0 Å². The second-order valence-electron chi connectivity index (χ2n) is 4.38. The quantitative estimate of drug-likeness (QED) is 0.655. The van der Waals surface area contributed by atoms with E-state index in [1.165, 1.54) is 0 Å². The van der Waals surface area contributed by atoms with Crippen molar-refractivity contribution in [2.24, 2.45) is 5.92 Å². The van der Waals surface area contributed by atoms with E-state index in [9.17, 15) is 13.2 Å². The summed E-state index contributed by atoms with van der Waals surface area (Å²) >= 11 is 0. The normalized spacial score (nSPS) is 25.2. The fourth-order valence-corrected chi connectivity index (χ4v) is 3.50. The molecule has 0 aliphatic carbocycles. The van der Waals surface area contributed by atoms with Crippen molar-refractivity contribution in [1.29, 1.82) is 0 Å². The molecule has 5 nitrogen and oxygen atoms in total. The molecule has 1 aliphatic rings. The van der Waals surface area contributed by atoms with Crippen LogP contribution in [-0.4, -0.2) is 43.6 Å². The molecule has 2 N–H and O–H groups in total. The van der Waals surface area contributed by atoms with E-state index in [-0.39, 0.29) is 29.4 Å². The van der Waals surface area contributed by atoms with Gasteiger partial charge in [-0.2, -0.15) is 0 Å². The molecule has 1 heterocycles. The molecular formula is C10H19NO4S. The summed E-state index contributed by atoms with van der Waals surface area (Å²) in [5.41, 5.74) is 0. The van der Waals surface area contributed by atoms with Crippen LogP contribution in [0.2, 0.25) is 0 Å². The molecule has 1 saturated heterocycles. The summed E-state index contributed by atoms with van der Waals surface area (Å²) in [6, 6.07) is 0. The van der Waals surface area contributed by atoms with Crippen LogP contribution in [0.3, 0.4) is 0 Å². The van der Waals surface area contributed by atoms with Gasteiger partial charge in [-0.05, 0) is 26.2 Å². The Hall–Kier alpha value is -0.620. The fraction of sp³-hybridized carbons (Fsp3) is 0.900. The lowest BCUT2D eigenvalue weighted by molar-refractivity contribution is -0.124. The van der Waals surface area contributed by atoms with Gasteiger partial charge in [0.05, 0.1) is 23.5 Å². The lowest BCUT2D eigenvalue weighted by Crippen LogP contribution is -2.32. The van der Waals surface area contributed by atoms with E-state index >= 15 is 0 Å². The molecule has 2 unspecified atom stereocenters. The Morgan fingerprint density at radius 2 is 2.25 bits per heavy atom. The van der Waals surface area contributed by atoms with Crippen molar-refractivity contribution < 1.29 is 18.3 Å². The highest BCUT2D eigenvalue weighted by molar-refractivity contribution is 7.91. The Morgan fingerprint density at radius 3 is 2.75 bits per heavy atom. The van der Waals surface area contributed by atoms with Crippen molar-refractivity contribution in [3.8, 4) is 0 Å². The van der Waals surface area contributed by atoms with E-state index < -0.39 is 9.84 Å². The molecular weight excluding hydrogens is 230 g/mol. The number of rotatable bonds is 5. The first kappa shape index (κ1) is 13.4. The maximum atomic E-state index is 11.5. The van der Waals surface area contributed by atoms with Crippen LogP contribution < -0.4 is 5.32 Å². The van der Waals surface area contributed by atoms with Gasteiger partial charge in [-0.3, -0.25) is 4.79 Å². The van der Waals surface area contributed by atoms with Gasteiger partial charge in [0.15, 0.2) is 9.84 Å². The van der Waals surface area contributed by atoms with Gasteiger partial charge in [-0.15, -0.1) is 0 Å². The number of hydrogen-bond acceptors (Lipinski definition) is 4. The Bertz CT molecular complexity index is 337. The van der Waals surface area contributed by atoms with Crippen molar-refractivity contribution in [2.45, 2.75) is 32.3 Å². The molecule has 6 heteroatoms. The Morgan fingerprint density at radius 1 is 1.56 bits per heavy atom. The van der Waals surface area contributed by atoms with Crippen molar-refractivity contribution >= 4 is 15.7 Å². The van der Waals surface area contributed by atoms with Gasteiger partial charge in [0, 0.05) is 6.54 Å². The van der Waals surface area contributed by atoms with Crippen LogP contribution in [0.25, 0.3) is 0 Å². The molecule has 1 aliphatic heterocycles. The molecule has 0 bridgehead atoms. The van der Waals surface area contributed by atoms with Gasteiger partial charge in [0.1, 0.15) is 0 Å². The molecule has 0 saturated carbocycles. The lowest BCUT2D eigenvalue weighted by Gasteiger charge is -2.09. The van der Waals surface area contributed by atoms with Crippen LogP contribution in [-0.2, 0) is 14.6 Å². The van der Waals surface area contributed by atoms with E-state index in [1.807, 2.05) is 0 Å². The van der Waals surface area contributed by atoms with Crippen molar-refractivity contribution in [2.75, 3.05) is 18.1 Å². The SMILES string of the molecule is CC(O)CCCNC(=O)C1CCS(=O)(=O)C1. The zero-order chi connectivity index (χ0) is 12.2. The zero-order valence-corrected chi connectivity index (χ0v) is 10.3. The second-order valence-corrected chi connectivity index (χ2v) is 6.61. The maximum absolute atomic E-state index is 11.5. The number of hydrogen-bond donors (Lipinski definition) is 2.